The monoisotopic (exact) mass is 761 g/mol. The maximum Gasteiger partial charge on any atom is 0.416 e. The van der Waals surface area contributed by atoms with Gasteiger partial charge in [-0.15, -0.1) is 0 Å². The van der Waals surface area contributed by atoms with Crippen molar-refractivity contribution in [3.8, 4) is 17.2 Å². The number of ether oxygens (including phenoxy) is 2. The summed E-state index contributed by atoms with van der Waals surface area (Å²) in [6.07, 6.45) is -11.7. The number of para-hydroxylation sites is 2. The Hall–Kier alpha value is -5.15. The summed E-state index contributed by atoms with van der Waals surface area (Å²) in [5.41, 5.74) is -2.89. The summed E-state index contributed by atoms with van der Waals surface area (Å²) in [6, 6.07) is 17.9. The number of benzene rings is 4. The standard InChI is InChI=1S/C39H38F7N3O5/c1-23-19-49(24(2)22-50)37(52)29-7-6-9-32(47-35(51)17-26-13-14-27(38(41,42)43)18-30(26)39(44,45)46)36(29)54-34(23)21-48(3)20-25-11-15-28(16-12-25)53-33-10-5-4-8-31(33)40/h4-16,18,23-24,34,50H,17,19-22H2,1-3H3,(H,47,51)/t23-,24+,34-/m1/s1. The third-order valence-electron chi connectivity index (χ3n) is 8.99. The van der Waals surface area contributed by atoms with Crippen molar-refractivity contribution in [2.45, 2.75) is 51.3 Å². The molecular weight excluding hydrogens is 723 g/mol. The Kier molecular flexibility index (Phi) is 12.2. The molecule has 5 rings (SSSR count). The molecule has 4 aromatic rings. The minimum absolute atomic E-state index is 0.0311. The Bertz CT molecular complexity index is 1950. The number of hydrogen-bond acceptors (Lipinski definition) is 6. The molecule has 1 aliphatic rings. The molecule has 0 saturated carbocycles. The van der Waals surface area contributed by atoms with Gasteiger partial charge in [-0.05, 0) is 73.6 Å². The summed E-state index contributed by atoms with van der Waals surface area (Å²) in [5, 5.41) is 12.5. The molecule has 0 spiro atoms. The molecule has 2 amide bonds. The van der Waals surface area contributed by atoms with Crippen molar-refractivity contribution in [3.05, 3.63) is 119 Å². The number of carbonyl (C=O) groups excluding carboxylic acids is 2. The molecule has 8 nitrogen and oxygen atoms in total. The zero-order chi connectivity index (χ0) is 39.4. The maximum absolute atomic E-state index is 14.0. The van der Waals surface area contributed by atoms with Crippen LogP contribution in [0.4, 0.5) is 36.4 Å². The smallest absolute Gasteiger partial charge is 0.416 e. The van der Waals surface area contributed by atoms with Crippen molar-refractivity contribution in [3.63, 3.8) is 0 Å². The van der Waals surface area contributed by atoms with Crippen LogP contribution in [-0.4, -0.2) is 65.6 Å². The van der Waals surface area contributed by atoms with E-state index in [1.54, 1.807) is 31.2 Å². The van der Waals surface area contributed by atoms with Crippen LogP contribution in [0.1, 0.15) is 46.5 Å². The fourth-order valence-corrected chi connectivity index (χ4v) is 6.10. The van der Waals surface area contributed by atoms with Gasteiger partial charge in [-0.25, -0.2) is 4.39 Å². The van der Waals surface area contributed by atoms with Gasteiger partial charge in [-0.2, -0.15) is 26.3 Å². The second-order valence-electron chi connectivity index (χ2n) is 13.3. The van der Waals surface area contributed by atoms with Crippen LogP contribution in [0.15, 0.2) is 84.9 Å². The molecular formula is C39H38F7N3O5. The summed E-state index contributed by atoms with van der Waals surface area (Å²) in [4.78, 5) is 30.5. The second kappa shape index (κ2) is 16.5. The topological polar surface area (TPSA) is 91.3 Å². The Balaban J connectivity index is 1.38. The van der Waals surface area contributed by atoms with E-state index in [1.165, 1.54) is 35.2 Å². The first-order chi connectivity index (χ1) is 25.4. The molecule has 0 fully saturated rings. The number of rotatable bonds is 11. The van der Waals surface area contributed by atoms with Crippen molar-refractivity contribution in [1.29, 1.82) is 0 Å². The van der Waals surface area contributed by atoms with E-state index in [0.717, 1.165) is 5.56 Å². The van der Waals surface area contributed by atoms with Gasteiger partial charge in [0.05, 0.1) is 41.4 Å². The molecule has 54 heavy (non-hydrogen) atoms. The first-order valence-corrected chi connectivity index (χ1v) is 16.9. The lowest BCUT2D eigenvalue weighted by Crippen LogP contribution is -2.49. The third kappa shape index (κ3) is 9.68. The molecule has 0 bridgehead atoms. The van der Waals surface area contributed by atoms with Crippen molar-refractivity contribution >= 4 is 17.5 Å². The first-order valence-electron chi connectivity index (χ1n) is 16.9. The Labute approximate surface area is 307 Å². The van der Waals surface area contributed by atoms with E-state index < -0.39 is 65.2 Å². The summed E-state index contributed by atoms with van der Waals surface area (Å²) in [6.45, 7) is 4.11. The van der Waals surface area contributed by atoms with Gasteiger partial charge in [0.1, 0.15) is 11.9 Å². The molecule has 0 aliphatic carbocycles. The second-order valence-corrected chi connectivity index (χ2v) is 13.3. The molecule has 0 unspecified atom stereocenters. The average molecular weight is 762 g/mol. The highest BCUT2D eigenvalue weighted by atomic mass is 19.4. The predicted octanol–water partition coefficient (Wildman–Crippen LogP) is 8.19. The number of alkyl halides is 6. The number of amides is 2. The van der Waals surface area contributed by atoms with Gasteiger partial charge in [0.25, 0.3) is 5.91 Å². The molecule has 288 valence electrons. The van der Waals surface area contributed by atoms with E-state index in [-0.39, 0.29) is 47.9 Å². The number of aliphatic hydroxyl groups excluding tert-OH is 1. The molecule has 0 radical (unpaired) electrons. The van der Waals surface area contributed by atoms with Crippen LogP contribution in [0.25, 0.3) is 0 Å². The fourth-order valence-electron chi connectivity index (χ4n) is 6.10. The minimum Gasteiger partial charge on any atom is -0.486 e. The zero-order valence-corrected chi connectivity index (χ0v) is 29.5. The van der Waals surface area contributed by atoms with Gasteiger partial charge in [-0.1, -0.05) is 43.3 Å². The SMILES string of the molecule is C[C@@H]1CN([C@@H](C)CO)C(=O)c2cccc(NC(=O)Cc3ccc(C(F)(F)F)cc3C(F)(F)F)c2O[C@@H]1CN(C)Cc1ccc(Oc2ccccc2F)cc1. The lowest BCUT2D eigenvalue weighted by Gasteiger charge is -2.38. The van der Waals surface area contributed by atoms with Gasteiger partial charge in [-0.3, -0.25) is 14.5 Å². The van der Waals surface area contributed by atoms with Crippen molar-refractivity contribution < 1.29 is 54.9 Å². The quantitative estimate of drug-likeness (QED) is 0.150. The summed E-state index contributed by atoms with van der Waals surface area (Å²) in [5.74, 6) is -1.86. The Morgan fingerprint density at radius 2 is 1.70 bits per heavy atom. The Morgan fingerprint density at radius 3 is 2.35 bits per heavy atom. The van der Waals surface area contributed by atoms with Crippen LogP contribution in [-0.2, 0) is 30.1 Å². The highest BCUT2D eigenvalue weighted by molar-refractivity contribution is 6.02. The number of carbonyl (C=O) groups is 2. The van der Waals surface area contributed by atoms with Crippen LogP contribution in [0.2, 0.25) is 0 Å². The van der Waals surface area contributed by atoms with Crippen LogP contribution < -0.4 is 14.8 Å². The number of hydrogen-bond donors (Lipinski definition) is 2. The van der Waals surface area contributed by atoms with Crippen LogP contribution in [0.5, 0.6) is 17.2 Å². The van der Waals surface area contributed by atoms with Gasteiger partial charge < -0.3 is 24.8 Å². The molecule has 3 atom stereocenters. The number of aliphatic hydroxyl groups is 1. The van der Waals surface area contributed by atoms with Crippen LogP contribution in [0, 0.1) is 11.7 Å². The summed E-state index contributed by atoms with van der Waals surface area (Å²) in [7, 11) is 1.84. The van der Waals surface area contributed by atoms with E-state index in [0.29, 0.717) is 31.0 Å². The predicted molar refractivity (Wildman–Crippen MR) is 186 cm³/mol. The lowest BCUT2D eigenvalue weighted by atomic mass is 9.98. The summed E-state index contributed by atoms with van der Waals surface area (Å²) >= 11 is 0. The molecule has 4 aromatic carbocycles. The first kappa shape index (κ1) is 40.0. The highest BCUT2D eigenvalue weighted by Crippen LogP contribution is 2.39. The van der Waals surface area contributed by atoms with E-state index in [1.807, 2.05) is 31.0 Å². The molecule has 0 saturated heterocycles. The van der Waals surface area contributed by atoms with Gasteiger partial charge in [0.2, 0.25) is 5.91 Å². The van der Waals surface area contributed by atoms with E-state index >= 15 is 0 Å². The third-order valence-corrected chi connectivity index (χ3v) is 8.99. The number of halogens is 7. The van der Waals surface area contributed by atoms with Gasteiger partial charge >= 0.3 is 12.4 Å². The Morgan fingerprint density at radius 1 is 1.00 bits per heavy atom. The number of fused-ring (bicyclic) bond motifs is 1. The fraction of sp³-hybridized carbons (Fsp3) is 0.333. The largest absolute Gasteiger partial charge is 0.486 e. The zero-order valence-electron chi connectivity index (χ0n) is 29.5. The van der Waals surface area contributed by atoms with E-state index in [4.69, 9.17) is 9.47 Å². The molecule has 0 aromatic heterocycles. The van der Waals surface area contributed by atoms with E-state index in [9.17, 15) is 45.4 Å². The number of nitrogens with zero attached hydrogens (tertiary/aromatic N) is 2. The lowest BCUT2D eigenvalue weighted by molar-refractivity contribution is -0.143. The molecule has 1 aliphatic heterocycles. The number of likely N-dealkylation sites (N-methyl/N-ethyl adjacent to an activating group) is 1. The molecule has 2 N–H and O–H groups in total. The van der Waals surface area contributed by atoms with Crippen molar-refractivity contribution in [2.24, 2.45) is 5.92 Å². The van der Waals surface area contributed by atoms with Gasteiger partial charge in [0, 0.05) is 25.6 Å². The van der Waals surface area contributed by atoms with Crippen LogP contribution in [0.3, 0.4) is 0 Å². The summed E-state index contributed by atoms with van der Waals surface area (Å²) < 4.78 is 107. The van der Waals surface area contributed by atoms with Gasteiger partial charge in [0.15, 0.2) is 17.3 Å². The number of anilines is 1. The van der Waals surface area contributed by atoms with E-state index in [2.05, 4.69) is 5.32 Å². The highest BCUT2D eigenvalue weighted by Gasteiger charge is 2.39. The normalized spacial score (nSPS) is 17.0. The molecule has 15 heteroatoms. The maximum atomic E-state index is 14.0. The number of nitrogens with one attached hydrogen (secondary N) is 1. The van der Waals surface area contributed by atoms with Crippen LogP contribution >= 0.6 is 0 Å². The van der Waals surface area contributed by atoms with Crippen molar-refractivity contribution in [1.82, 2.24) is 9.80 Å². The van der Waals surface area contributed by atoms with Crippen molar-refractivity contribution in [2.75, 3.05) is 32.1 Å². The minimum atomic E-state index is -5.17. The molecule has 1 heterocycles. The average Bonchev–Trinajstić information content (AvgIpc) is 3.10.